The number of morpholine rings is 1. The fraction of sp³-hybridized carbons (Fsp3) is 0.550. The van der Waals surface area contributed by atoms with Gasteiger partial charge in [0.25, 0.3) is 5.91 Å². The Hall–Kier alpha value is -2.01. The molecule has 2 aromatic rings. The minimum atomic E-state index is 0.0616. The summed E-state index contributed by atoms with van der Waals surface area (Å²) < 4.78 is 13.4. The molecule has 0 saturated carbocycles. The second kappa shape index (κ2) is 7.08. The van der Waals surface area contributed by atoms with Gasteiger partial charge in [-0.2, -0.15) is 0 Å². The van der Waals surface area contributed by atoms with Crippen molar-refractivity contribution in [2.75, 3.05) is 20.2 Å². The second-order valence-electron chi connectivity index (χ2n) is 6.96. The molecule has 136 valence electrons. The van der Waals surface area contributed by atoms with Crippen LogP contribution in [0.25, 0.3) is 10.9 Å². The minimum Gasteiger partial charge on any atom is -0.497 e. The Labute approximate surface area is 149 Å². The molecule has 1 aromatic heterocycles. The molecule has 1 amide bonds. The van der Waals surface area contributed by atoms with Crippen molar-refractivity contribution in [1.29, 1.82) is 0 Å². The summed E-state index contributed by atoms with van der Waals surface area (Å²) in [6.45, 7) is 10.4. The summed E-state index contributed by atoms with van der Waals surface area (Å²) in [5.41, 5.74) is 2.92. The molecular formula is C20H28N2O3. The van der Waals surface area contributed by atoms with Gasteiger partial charge in [-0.1, -0.05) is 6.92 Å². The van der Waals surface area contributed by atoms with Gasteiger partial charge in [-0.25, -0.2) is 0 Å². The first-order chi connectivity index (χ1) is 12.0. The molecule has 2 heterocycles. The number of hydrogen-bond donors (Lipinski definition) is 0. The zero-order chi connectivity index (χ0) is 18.1. The van der Waals surface area contributed by atoms with Crippen molar-refractivity contribution in [3.05, 3.63) is 29.5 Å². The molecule has 1 saturated heterocycles. The number of rotatable bonds is 4. The van der Waals surface area contributed by atoms with Crippen molar-refractivity contribution < 1.29 is 14.3 Å². The average molecular weight is 344 g/mol. The predicted molar refractivity (Wildman–Crippen MR) is 99.4 cm³/mol. The first kappa shape index (κ1) is 17.8. The van der Waals surface area contributed by atoms with Crippen LogP contribution in [0.15, 0.2) is 18.2 Å². The number of carbonyl (C=O) groups excluding carboxylic acids is 1. The van der Waals surface area contributed by atoms with Crippen LogP contribution < -0.4 is 4.74 Å². The molecule has 5 heteroatoms. The Balaban J connectivity index is 2.10. The molecule has 2 unspecified atom stereocenters. The van der Waals surface area contributed by atoms with E-state index in [0.717, 1.165) is 40.9 Å². The molecule has 1 fully saturated rings. The Bertz CT molecular complexity index is 771. The number of methoxy groups -OCH3 is 1. The molecule has 1 aliphatic heterocycles. The Morgan fingerprint density at radius 3 is 2.56 bits per heavy atom. The minimum absolute atomic E-state index is 0.0616. The number of fused-ring (bicyclic) bond motifs is 1. The quantitative estimate of drug-likeness (QED) is 0.851. The van der Waals surface area contributed by atoms with Crippen LogP contribution in [0.5, 0.6) is 5.75 Å². The Morgan fingerprint density at radius 2 is 1.96 bits per heavy atom. The zero-order valence-corrected chi connectivity index (χ0v) is 15.8. The van der Waals surface area contributed by atoms with E-state index in [1.54, 1.807) is 7.11 Å². The lowest BCUT2D eigenvalue weighted by Gasteiger charge is -2.35. The van der Waals surface area contributed by atoms with E-state index in [0.29, 0.717) is 13.1 Å². The van der Waals surface area contributed by atoms with Crippen molar-refractivity contribution in [2.24, 2.45) is 0 Å². The molecule has 0 N–H and O–H groups in total. The Kier molecular flexibility index (Phi) is 5.04. The van der Waals surface area contributed by atoms with E-state index in [-0.39, 0.29) is 18.1 Å². The normalized spacial score (nSPS) is 20.9. The molecule has 1 aromatic carbocycles. The van der Waals surface area contributed by atoms with E-state index in [4.69, 9.17) is 9.47 Å². The maximum Gasteiger partial charge on any atom is 0.256 e. The van der Waals surface area contributed by atoms with E-state index in [1.165, 1.54) is 0 Å². The van der Waals surface area contributed by atoms with Gasteiger partial charge in [-0.3, -0.25) is 4.79 Å². The Morgan fingerprint density at radius 1 is 1.28 bits per heavy atom. The van der Waals surface area contributed by atoms with Crippen LogP contribution in [0.3, 0.4) is 0 Å². The van der Waals surface area contributed by atoms with Gasteiger partial charge in [0.05, 0.1) is 24.9 Å². The van der Waals surface area contributed by atoms with Crippen molar-refractivity contribution >= 4 is 16.8 Å². The van der Waals surface area contributed by atoms with Crippen molar-refractivity contribution in [1.82, 2.24) is 9.47 Å². The first-order valence-corrected chi connectivity index (χ1v) is 9.07. The molecule has 5 nitrogen and oxygen atoms in total. The van der Waals surface area contributed by atoms with Gasteiger partial charge in [-0.15, -0.1) is 0 Å². The standard InChI is InChI=1S/C20H28N2O3/c1-6-9-22-15(4)19(17-10-16(24-5)7-8-18(17)22)20(23)21-11-13(2)25-14(3)12-21/h7-8,10,13-14H,6,9,11-12H2,1-5H3. The van der Waals surface area contributed by atoms with Gasteiger partial charge in [0, 0.05) is 36.2 Å². The summed E-state index contributed by atoms with van der Waals surface area (Å²) >= 11 is 0. The maximum absolute atomic E-state index is 13.4. The highest BCUT2D eigenvalue weighted by atomic mass is 16.5. The van der Waals surface area contributed by atoms with Crippen LogP contribution in [-0.4, -0.2) is 47.8 Å². The van der Waals surface area contributed by atoms with Crippen LogP contribution in [0.4, 0.5) is 0 Å². The van der Waals surface area contributed by atoms with Crippen molar-refractivity contribution in [3.8, 4) is 5.75 Å². The molecule has 0 spiro atoms. The lowest BCUT2D eigenvalue weighted by molar-refractivity contribution is -0.0585. The monoisotopic (exact) mass is 344 g/mol. The van der Waals surface area contributed by atoms with E-state index < -0.39 is 0 Å². The highest BCUT2D eigenvalue weighted by Crippen LogP contribution is 2.31. The summed E-state index contributed by atoms with van der Waals surface area (Å²) in [5, 5.41) is 0.974. The smallest absolute Gasteiger partial charge is 0.256 e. The number of nitrogens with zero attached hydrogens (tertiary/aromatic N) is 2. The van der Waals surface area contributed by atoms with Gasteiger partial charge in [-0.05, 0) is 45.4 Å². The molecule has 3 rings (SSSR count). The van der Waals surface area contributed by atoms with Crippen LogP contribution in [0.2, 0.25) is 0 Å². The van der Waals surface area contributed by atoms with Gasteiger partial charge in [0.1, 0.15) is 5.75 Å². The number of carbonyl (C=O) groups is 1. The molecule has 25 heavy (non-hydrogen) atoms. The van der Waals surface area contributed by atoms with E-state index in [2.05, 4.69) is 17.6 Å². The number of amides is 1. The van der Waals surface area contributed by atoms with Gasteiger partial charge < -0.3 is 18.9 Å². The van der Waals surface area contributed by atoms with E-state index >= 15 is 0 Å². The number of ether oxygens (including phenoxy) is 2. The molecule has 1 aliphatic rings. The molecule has 2 atom stereocenters. The van der Waals surface area contributed by atoms with Crippen LogP contribution in [-0.2, 0) is 11.3 Å². The SMILES string of the molecule is CCCn1c(C)c(C(=O)N2CC(C)OC(C)C2)c2cc(OC)ccc21. The third kappa shape index (κ3) is 3.25. The number of hydrogen-bond acceptors (Lipinski definition) is 3. The molecule has 0 bridgehead atoms. The summed E-state index contributed by atoms with van der Waals surface area (Å²) in [6, 6.07) is 5.99. The van der Waals surface area contributed by atoms with Gasteiger partial charge in [0.2, 0.25) is 0 Å². The summed E-state index contributed by atoms with van der Waals surface area (Å²) in [5.74, 6) is 0.867. The summed E-state index contributed by atoms with van der Waals surface area (Å²) in [4.78, 5) is 15.3. The third-order valence-electron chi connectivity index (χ3n) is 4.90. The van der Waals surface area contributed by atoms with Gasteiger partial charge >= 0.3 is 0 Å². The molecular weight excluding hydrogens is 316 g/mol. The van der Waals surface area contributed by atoms with E-state index in [9.17, 15) is 4.79 Å². The van der Waals surface area contributed by atoms with Crippen LogP contribution >= 0.6 is 0 Å². The fourth-order valence-electron chi connectivity index (χ4n) is 3.87. The number of benzene rings is 1. The van der Waals surface area contributed by atoms with Crippen LogP contribution in [0.1, 0.15) is 43.2 Å². The lowest BCUT2D eigenvalue weighted by Crippen LogP contribution is -2.48. The number of aryl methyl sites for hydroxylation is 1. The maximum atomic E-state index is 13.4. The molecule has 0 radical (unpaired) electrons. The van der Waals surface area contributed by atoms with Crippen LogP contribution in [0, 0.1) is 6.92 Å². The van der Waals surface area contributed by atoms with E-state index in [1.807, 2.05) is 37.8 Å². The fourth-order valence-corrected chi connectivity index (χ4v) is 3.87. The highest BCUT2D eigenvalue weighted by molar-refractivity contribution is 6.08. The predicted octanol–water partition coefficient (Wildman–Crippen LogP) is 3.62. The lowest BCUT2D eigenvalue weighted by atomic mass is 10.1. The zero-order valence-electron chi connectivity index (χ0n) is 15.8. The molecule has 0 aliphatic carbocycles. The number of aromatic nitrogens is 1. The third-order valence-corrected chi connectivity index (χ3v) is 4.90. The average Bonchev–Trinajstić information content (AvgIpc) is 2.85. The largest absolute Gasteiger partial charge is 0.497 e. The van der Waals surface area contributed by atoms with Crippen molar-refractivity contribution in [3.63, 3.8) is 0 Å². The van der Waals surface area contributed by atoms with Crippen molar-refractivity contribution in [2.45, 2.75) is 52.9 Å². The highest BCUT2D eigenvalue weighted by Gasteiger charge is 2.30. The van der Waals surface area contributed by atoms with Gasteiger partial charge in [0.15, 0.2) is 0 Å². The first-order valence-electron chi connectivity index (χ1n) is 9.07. The second-order valence-corrected chi connectivity index (χ2v) is 6.96. The summed E-state index contributed by atoms with van der Waals surface area (Å²) in [7, 11) is 1.66. The topological polar surface area (TPSA) is 43.7 Å². The summed E-state index contributed by atoms with van der Waals surface area (Å²) in [6.07, 6.45) is 1.15.